The second kappa shape index (κ2) is 8.57. The van der Waals surface area contributed by atoms with Crippen molar-refractivity contribution in [2.24, 2.45) is 5.41 Å². The minimum atomic E-state index is -1.35. The second-order valence-corrected chi connectivity index (χ2v) is 3.98. The molecule has 0 aromatic carbocycles. The summed E-state index contributed by atoms with van der Waals surface area (Å²) < 4.78 is 0. The normalized spacial score (nSPS) is 12.5. The number of carboxylic acids is 1. The Morgan fingerprint density at radius 2 is 1.88 bits per heavy atom. The predicted octanol–water partition coefficient (Wildman–Crippen LogP) is -1.69. The molecule has 1 amide bonds. The number of hydrogen-bond acceptors (Lipinski definition) is 4. The molecule has 1 atom stereocenters. The van der Waals surface area contributed by atoms with E-state index in [-0.39, 0.29) is 71.0 Å². The van der Waals surface area contributed by atoms with Crippen LogP contribution in [0.1, 0.15) is 20.3 Å². The molecule has 0 saturated heterocycles. The summed E-state index contributed by atoms with van der Waals surface area (Å²) in [6.45, 7) is 2.70. The molecule has 0 saturated carbocycles. The van der Waals surface area contributed by atoms with Crippen molar-refractivity contribution >= 4 is 63.3 Å². The van der Waals surface area contributed by atoms with Crippen LogP contribution in [0.25, 0.3) is 0 Å². The van der Waals surface area contributed by atoms with Gasteiger partial charge in [-0.1, -0.05) is 13.8 Å². The number of rotatable bonds is 6. The van der Waals surface area contributed by atoms with Gasteiger partial charge in [0, 0.05) is 12.0 Å². The Balaban J connectivity index is 0. The first-order valence-electron chi connectivity index (χ1n) is 4.59. The van der Waals surface area contributed by atoms with Gasteiger partial charge in [-0.25, -0.2) is 0 Å². The molecule has 16 heavy (non-hydrogen) atoms. The molecule has 0 aromatic heterocycles. The van der Waals surface area contributed by atoms with E-state index in [0.717, 1.165) is 0 Å². The van der Waals surface area contributed by atoms with E-state index in [1.807, 2.05) is 0 Å². The van der Waals surface area contributed by atoms with Gasteiger partial charge in [0.15, 0.2) is 0 Å². The van der Waals surface area contributed by atoms with Gasteiger partial charge in [0.05, 0.1) is 13.0 Å². The van der Waals surface area contributed by atoms with Crippen molar-refractivity contribution < 1.29 is 24.9 Å². The summed E-state index contributed by atoms with van der Waals surface area (Å²) in [5.41, 5.74) is -0.937. The van der Waals surface area contributed by atoms with Crippen molar-refractivity contribution in [3.63, 3.8) is 0 Å². The third-order valence-electron chi connectivity index (χ3n) is 2.03. The zero-order chi connectivity index (χ0) is 12.1. The second-order valence-electron chi connectivity index (χ2n) is 3.98. The minimum absolute atomic E-state index is 0. The van der Waals surface area contributed by atoms with Crippen LogP contribution in [-0.2, 0) is 9.59 Å². The van der Waals surface area contributed by atoms with E-state index >= 15 is 0 Å². The van der Waals surface area contributed by atoms with Gasteiger partial charge in [-0.3, -0.25) is 9.59 Å². The topological polar surface area (TPSA) is 107 Å². The quantitative estimate of drug-likeness (QED) is 0.426. The number of carboxylic acid groups (broad SMARTS) is 1. The summed E-state index contributed by atoms with van der Waals surface area (Å²) in [5.74, 6) is -1.69. The number of hydrogen-bond donors (Lipinski definition) is 4. The van der Waals surface area contributed by atoms with Crippen LogP contribution in [0.2, 0.25) is 0 Å². The summed E-state index contributed by atoms with van der Waals surface area (Å²) in [6, 6.07) is 0. The Bertz CT molecular complexity index is 244. The van der Waals surface area contributed by atoms with Gasteiger partial charge in [0.25, 0.3) is 0 Å². The number of amides is 1. The van der Waals surface area contributed by atoms with E-state index in [1.165, 1.54) is 13.8 Å². The number of aliphatic hydroxyl groups excluding tert-OH is 2. The third-order valence-corrected chi connectivity index (χ3v) is 2.03. The average Bonchev–Trinajstić information content (AvgIpc) is 2.15. The summed E-state index contributed by atoms with van der Waals surface area (Å²) in [4.78, 5) is 21.4. The molecule has 6 nitrogen and oxygen atoms in total. The maximum atomic E-state index is 11.3. The summed E-state index contributed by atoms with van der Waals surface area (Å²) in [5, 5.41) is 29.0. The zero-order valence-electron chi connectivity index (χ0n) is 8.86. The zero-order valence-corrected chi connectivity index (χ0v) is 8.86. The Morgan fingerprint density at radius 3 is 2.25 bits per heavy atom. The van der Waals surface area contributed by atoms with Crippen LogP contribution in [0.15, 0.2) is 0 Å². The van der Waals surface area contributed by atoms with Gasteiger partial charge in [-0.15, -0.1) is 0 Å². The molecule has 0 spiro atoms. The maximum absolute atomic E-state index is 11.3. The number of carbonyl (C=O) groups excluding carboxylic acids is 1. The third kappa shape index (κ3) is 6.95. The molecular weight excluding hydrogens is 241 g/mol. The van der Waals surface area contributed by atoms with Crippen molar-refractivity contribution in [1.82, 2.24) is 5.32 Å². The molecule has 0 radical (unpaired) electrons. The number of nitrogens with one attached hydrogen (secondary N) is 1. The number of aliphatic hydroxyl groups is 2. The molecule has 0 rings (SSSR count). The van der Waals surface area contributed by atoms with Crippen molar-refractivity contribution in [3.05, 3.63) is 0 Å². The van der Waals surface area contributed by atoms with E-state index in [9.17, 15) is 14.7 Å². The molecule has 0 bridgehead atoms. The molecule has 4 N–H and O–H groups in total. The first-order chi connectivity index (χ1) is 6.81. The fraction of sp³-hybridized carbons (Fsp3) is 0.778. The number of aliphatic carboxylic acids is 1. The molecular formula is C9H18KNO5. The molecule has 0 unspecified atom stereocenters. The van der Waals surface area contributed by atoms with Crippen molar-refractivity contribution in [2.75, 3.05) is 13.2 Å². The van der Waals surface area contributed by atoms with E-state index in [0.29, 0.717) is 0 Å². The number of carbonyl (C=O) groups is 2. The fourth-order valence-corrected chi connectivity index (χ4v) is 0.831. The Morgan fingerprint density at radius 1 is 1.38 bits per heavy atom. The standard InChI is InChI=1S/C9H17NO5.K.H/c1-9(2,5-11)7(14)8(15)10-4-3-6(12)13;;/h7,11,14H,3-5H2,1-2H3,(H,10,15)(H,12,13);;/t7-;;/m0../s1. The van der Waals surface area contributed by atoms with E-state index in [4.69, 9.17) is 10.2 Å². The van der Waals surface area contributed by atoms with Crippen LogP contribution < -0.4 is 5.32 Å². The molecule has 7 heteroatoms. The van der Waals surface area contributed by atoms with Gasteiger partial charge in [0.1, 0.15) is 6.10 Å². The van der Waals surface area contributed by atoms with Crippen molar-refractivity contribution in [2.45, 2.75) is 26.4 Å². The van der Waals surface area contributed by atoms with E-state index in [1.54, 1.807) is 0 Å². The molecule has 0 aliphatic heterocycles. The monoisotopic (exact) mass is 259 g/mol. The Hall–Kier alpha value is 0.496. The van der Waals surface area contributed by atoms with E-state index in [2.05, 4.69) is 5.32 Å². The van der Waals surface area contributed by atoms with Crippen LogP contribution in [-0.4, -0.2) is 97.8 Å². The van der Waals surface area contributed by atoms with Crippen LogP contribution in [0.4, 0.5) is 0 Å². The van der Waals surface area contributed by atoms with Gasteiger partial charge < -0.3 is 20.6 Å². The molecule has 0 aliphatic carbocycles. The van der Waals surface area contributed by atoms with Crippen molar-refractivity contribution in [1.29, 1.82) is 0 Å². The summed E-state index contributed by atoms with van der Waals surface area (Å²) >= 11 is 0. The van der Waals surface area contributed by atoms with Crippen LogP contribution in [0, 0.1) is 5.41 Å². The van der Waals surface area contributed by atoms with Gasteiger partial charge in [-0.05, 0) is 0 Å². The van der Waals surface area contributed by atoms with Gasteiger partial charge in [0.2, 0.25) is 5.91 Å². The fourth-order valence-electron chi connectivity index (χ4n) is 0.831. The molecule has 90 valence electrons. The summed E-state index contributed by atoms with van der Waals surface area (Å²) in [7, 11) is 0. The molecule has 0 aliphatic rings. The Labute approximate surface area is 137 Å². The average molecular weight is 259 g/mol. The predicted molar refractivity (Wildman–Crippen MR) is 59.3 cm³/mol. The van der Waals surface area contributed by atoms with Crippen LogP contribution in [0.5, 0.6) is 0 Å². The first kappa shape index (κ1) is 18.9. The SMILES string of the molecule is CC(C)(CO)[C@@H](O)C(=O)NCCC(=O)O.[KH]. The van der Waals surface area contributed by atoms with Crippen molar-refractivity contribution in [3.8, 4) is 0 Å². The first-order valence-corrected chi connectivity index (χ1v) is 4.59. The van der Waals surface area contributed by atoms with Gasteiger partial charge >= 0.3 is 57.4 Å². The summed E-state index contributed by atoms with van der Waals surface area (Å²) in [6.07, 6.45) is -1.55. The van der Waals surface area contributed by atoms with Crippen LogP contribution in [0.3, 0.4) is 0 Å². The molecule has 0 aromatic rings. The molecule has 0 fully saturated rings. The van der Waals surface area contributed by atoms with Crippen LogP contribution >= 0.6 is 0 Å². The van der Waals surface area contributed by atoms with E-state index < -0.39 is 23.4 Å². The Kier molecular flexibility index (Phi) is 10.1. The molecule has 0 heterocycles. The van der Waals surface area contributed by atoms with Gasteiger partial charge in [-0.2, -0.15) is 0 Å².